The number of amides is 2. The van der Waals surface area contributed by atoms with Crippen LogP contribution in [0.3, 0.4) is 0 Å². The average molecular weight is 524 g/mol. The largest absolute Gasteiger partial charge is 0.416 e. The fourth-order valence-corrected chi connectivity index (χ4v) is 4.37. The first-order valence-electron chi connectivity index (χ1n) is 11.6. The van der Waals surface area contributed by atoms with Gasteiger partial charge in [-0.05, 0) is 59.5 Å². The van der Waals surface area contributed by atoms with E-state index in [9.17, 15) is 18.0 Å². The van der Waals surface area contributed by atoms with E-state index in [1.165, 1.54) is 6.07 Å². The first kappa shape index (κ1) is 26.2. The molecule has 3 aromatic carbocycles. The number of carbonyl (C=O) groups excluding carboxylic acids is 1. The number of nitrogens with zero attached hydrogens (tertiary/aromatic N) is 1. The second-order valence-electron chi connectivity index (χ2n) is 8.75. The Bertz CT molecular complexity index is 1360. The smallest absolute Gasteiger partial charge is 0.334 e. The second-order valence-corrected chi connectivity index (χ2v) is 9.16. The fraction of sp³-hybridized carbons (Fsp3) is 0.172. The van der Waals surface area contributed by atoms with Crippen LogP contribution in [0.4, 0.5) is 18.0 Å². The zero-order valence-electron chi connectivity index (χ0n) is 20.0. The Morgan fingerprint density at radius 2 is 1.59 bits per heavy atom. The molecule has 0 radical (unpaired) electrons. The number of rotatable bonds is 7. The Morgan fingerprint density at radius 3 is 2.27 bits per heavy atom. The third kappa shape index (κ3) is 6.30. The molecule has 0 spiro atoms. The van der Waals surface area contributed by atoms with Gasteiger partial charge in [-0.2, -0.15) is 13.2 Å². The van der Waals surface area contributed by atoms with Crippen molar-refractivity contribution in [3.05, 3.63) is 136 Å². The molecule has 0 fully saturated rings. The first-order chi connectivity index (χ1) is 17.7. The molecular formula is C29H25ClF3N3O. The lowest BCUT2D eigenvalue weighted by atomic mass is 9.80. The van der Waals surface area contributed by atoms with Crippen molar-refractivity contribution in [3.8, 4) is 0 Å². The third-order valence-electron chi connectivity index (χ3n) is 6.11. The number of urea groups is 1. The van der Waals surface area contributed by atoms with Gasteiger partial charge in [-0.1, -0.05) is 72.3 Å². The predicted octanol–water partition coefficient (Wildman–Crippen LogP) is 7.05. The Kier molecular flexibility index (Phi) is 7.83. The van der Waals surface area contributed by atoms with E-state index in [4.69, 9.17) is 11.6 Å². The third-order valence-corrected chi connectivity index (χ3v) is 6.52. The molecule has 0 saturated carbocycles. The lowest BCUT2D eigenvalue weighted by Crippen LogP contribution is -2.52. The maximum atomic E-state index is 13.7. The minimum atomic E-state index is -4.55. The van der Waals surface area contributed by atoms with Crippen LogP contribution in [0.5, 0.6) is 0 Å². The van der Waals surface area contributed by atoms with E-state index in [1.54, 1.807) is 36.5 Å². The monoisotopic (exact) mass is 523 g/mol. The normalized spacial score (nSPS) is 13.0. The van der Waals surface area contributed by atoms with Gasteiger partial charge < -0.3 is 10.6 Å². The Hall–Kier alpha value is -3.84. The number of alkyl halides is 3. The molecule has 4 aromatic rings. The molecule has 0 bridgehead atoms. The highest BCUT2D eigenvalue weighted by molar-refractivity contribution is 6.31. The van der Waals surface area contributed by atoms with Crippen molar-refractivity contribution in [1.29, 1.82) is 0 Å². The van der Waals surface area contributed by atoms with Gasteiger partial charge in [-0.25, -0.2) is 4.79 Å². The zero-order valence-corrected chi connectivity index (χ0v) is 20.8. The summed E-state index contributed by atoms with van der Waals surface area (Å²) in [6, 6.07) is 24.3. The van der Waals surface area contributed by atoms with E-state index in [1.807, 2.05) is 49.4 Å². The number of benzene rings is 3. The number of pyridine rings is 1. The molecule has 2 N–H and O–H groups in total. The molecule has 0 aliphatic heterocycles. The van der Waals surface area contributed by atoms with E-state index in [2.05, 4.69) is 15.6 Å². The Balaban J connectivity index is 1.76. The van der Waals surface area contributed by atoms with Crippen molar-refractivity contribution >= 4 is 17.6 Å². The summed E-state index contributed by atoms with van der Waals surface area (Å²) in [5, 5.41) is 6.37. The molecule has 0 saturated heterocycles. The Morgan fingerprint density at radius 1 is 0.865 bits per heavy atom. The highest BCUT2D eigenvalue weighted by atomic mass is 35.5. The average Bonchev–Trinajstić information content (AvgIpc) is 2.89. The van der Waals surface area contributed by atoms with Crippen molar-refractivity contribution in [2.75, 3.05) is 0 Å². The van der Waals surface area contributed by atoms with E-state index >= 15 is 0 Å². The van der Waals surface area contributed by atoms with Gasteiger partial charge in [0.2, 0.25) is 0 Å². The van der Waals surface area contributed by atoms with Crippen molar-refractivity contribution in [2.24, 2.45) is 0 Å². The van der Waals surface area contributed by atoms with Gasteiger partial charge in [0.15, 0.2) is 0 Å². The van der Waals surface area contributed by atoms with Crippen LogP contribution in [0.2, 0.25) is 5.02 Å². The van der Waals surface area contributed by atoms with Gasteiger partial charge in [0, 0.05) is 24.2 Å². The minimum absolute atomic E-state index is 0.177. The molecular weight excluding hydrogens is 499 g/mol. The lowest BCUT2D eigenvalue weighted by Gasteiger charge is -2.35. The van der Waals surface area contributed by atoms with E-state index < -0.39 is 23.3 Å². The number of carbonyl (C=O) groups is 1. The van der Waals surface area contributed by atoms with Gasteiger partial charge in [-0.15, -0.1) is 0 Å². The van der Waals surface area contributed by atoms with Gasteiger partial charge >= 0.3 is 12.2 Å². The Labute approximate surface area is 218 Å². The number of hydrogen-bond donors (Lipinski definition) is 2. The van der Waals surface area contributed by atoms with Crippen molar-refractivity contribution in [2.45, 2.75) is 31.6 Å². The highest BCUT2D eigenvalue weighted by Crippen LogP contribution is 2.36. The van der Waals surface area contributed by atoms with Crippen LogP contribution in [0.25, 0.3) is 0 Å². The summed E-state index contributed by atoms with van der Waals surface area (Å²) in [5.74, 6) is 0. The maximum absolute atomic E-state index is 13.7. The number of hydrogen-bond acceptors (Lipinski definition) is 2. The van der Waals surface area contributed by atoms with Crippen LogP contribution in [0, 0.1) is 6.92 Å². The minimum Gasteiger partial charge on any atom is -0.334 e. The highest BCUT2D eigenvalue weighted by Gasteiger charge is 2.40. The number of aromatic nitrogens is 1. The summed E-state index contributed by atoms with van der Waals surface area (Å²) in [4.78, 5) is 17.8. The summed E-state index contributed by atoms with van der Waals surface area (Å²) in [6.07, 6.45) is -2.82. The second kappa shape index (κ2) is 11.0. The summed E-state index contributed by atoms with van der Waals surface area (Å²) < 4.78 is 41.1. The fourth-order valence-electron chi connectivity index (χ4n) is 4.17. The molecule has 1 aromatic heterocycles. The van der Waals surface area contributed by atoms with Crippen LogP contribution in [0.15, 0.2) is 97.2 Å². The summed E-state index contributed by atoms with van der Waals surface area (Å²) in [7, 11) is 0. The van der Waals surface area contributed by atoms with Crippen molar-refractivity contribution < 1.29 is 18.0 Å². The molecule has 1 unspecified atom stereocenters. The molecule has 1 atom stereocenters. The van der Waals surface area contributed by atoms with Gasteiger partial charge in [0.05, 0.1) is 11.3 Å². The molecule has 37 heavy (non-hydrogen) atoms. The zero-order chi connectivity index (χ0) is 26.5. The van der Waals surface area contributed by atoms with Gasteiger partial charge in [0.25, 0.3) is 0 Å². The molecule has 190 valence electrons. The number of aryl methyl sites for hydroxylation is 1. The molecule has 0 aliphatic rings. The number of nitrogens with one attached hydrogen (secondary N) is 2. The predicted molar refractivity (Wildman–Crippen MR) is 138 cm³/mol. The molecule has 8 heteroatoms. The van der Waals surface area contributed by atoms with Crippen LogP contribution in [-0.4, -0.2) is 11.0 Å². The maximum Gasteiger partial charge on any atom is 0.416 e. The molecule has 0 aliphatic carbocycles. The molecule has 2 amide bonds. The standard InChI is InChI=1S/C29H25ClF3N3O/c1-20-13-14-22(16-25(20)30)19-35-27(37)36-28(26-12-5-6-15-34-26,18-21-8-3-2-4-9-21)23-10-7-11-24(17-23)29(31,32)33/h2-17H,18-19H2,1H3,(H2,35,36,37). The van der Waals surface area contributed by atoms with Crippen LogP contribution >= 0.6 is 11.6 Å². The van der Waals surface area contributed by atoms with Gasteiger partial charge in [0.1, 0.15) is 5.54 Å². The van der Waals surface area contributed by atoms with Crippen molar-refractivity contribution in [1.82, 2.24) is 15.6 Å². The SMILES string of the molecule is Cc1ccc(CNC(=O)NC(Cc2ccccc2)(c2cccc(C(F)(F)F)c2)c2ccccn2)cc1Cl. The van der Waals surface area contributed by atoms with Crippen molar-refractivity contribution in [3.63, 3.8) is 0 Å². The summed E-state index contributed by atoms with van der Waals surface area (Å²) in [5.41, 5.74) is 0.989. The topological polar surface area (TPSA) is 54.0 Å². The quantitative estimate of drug-likeness (QED) is 0.273. The molecule has 4 rings (SSSR count). The van der Waals surface area contributed by atoms with Crippen LogP contribution < -0.4 is 10.6 Å². The van der Waals surface area contributed by atoms with E-state index in [-0.39, 0.29) is 18.5 Å². The van der Waals surface area contributed by atoms with Gasteiger partial charge in [-0.3, -0.25) is 4.98 Å². The van der Waals surface area contributed by atoms with Crippen LogP contribution in [0.1, 0.15) is 33.5 Å². The number of halogens is 4. The summed E-state index contributed by atoms with van der Waals surface area (Å²) in [6.45, 7) is 2.06. The van der Waals surface area contributed by atoms with E-state index in [0.29, 0.717) is 10.7 Å². The van der Waals surface area contributed by atoms with Crippen LogP contribution in [-0.2, 0) is 24.7 Å². The first-order valence-corrected chi connectivity index (χ1v) is 12.0. The lowest BCUT2D eigenvalue weighted by molar-refractivity contribution is -0.137. The summed E-state index contributed by atoms with van der Waals surface area (Å²) >= 11 is 6.21. The molecule has 1 heterocycles. The van der Waals surface area contributed by atoms with E-state index in [0.717, 1.165) is 28.8 Å². The molecule has 4 nitrogen and oxygen atoms in total.